The van der Waals surface area contributed by atoms with E-state index in [0.29, 0.717) is 5.73 Å². The molecule has 20 heavy (non-hydrogen) atoms. The first kappa shape index (κ1) is 18.2. The Morgan fingerprint density at radius 3 is 1.65 bits per heavy atom. The molecule has 0 aromatic rings. The highest BCUT2D eigenvalue weighted by molar-refractivity contribution is 6.84. The van der Waals surface area contributed by atoms with Crippen LogP contribution in [0.2, 0.25) is 16.6 Å². The minimum atomic E-state index is -1.49. The first-order valence-electron chi connectivity index (χ1n) is 9.00. The van der Waals surface area contributed by atoms with Crippen molar-refractivity contribution < 1.29 is 4.74 Å². The molecule has 120 valence electrons. The Balaban J connectivity index is 3.15. The minimum Gasteiger partial charge on any atom is -0.382 e. The van der Waals surface area contributed by atoms with Crippen LogP contribution in [0.4, 0.5) is 0 Å². The summed E-state index contributed by atoms with van der Waals surface area (Å²) in [5.41, 5.74) is 3.00. The molecule has 1 atom stereocenters. The van der Waals surface area contributed by atoms with Crippen molar-refractivity contribution in [3.63, 3.8) is 0 Å². The molecule has 0 saturated heterocycles. The molecule has 1 aliphatic rings. The Morgan fingerprint density at radius 1 is 0.850 bits per heavy atom. The normalized spacial score (nSPS) is 20.1. The van der Waals surface area contributed by atoms with Crippen molar-refractivity contribution in [1.82, 2.24) is 0 Å². The van der Waals surface area contributed by atoms with Crippen LogP contribution < -0.4 is 0 Å². The van der Waals surface area contributed by atoms with E-state index in [9.17, 15) is 0 Å². The van der Waals surface area contributed by atoms with Gasteiger partial charge in [0, 0.05) is 6.61 Å². The molecule has 0 heterocycles. The third-order valence-electron chi connectivity index (χ3n) is 5.92. The first-order valence-corrected chi connectivity index (χ1v) is 11.3. The number of hydrogen-bond acceptors (Lipinski definition) is 1. The van der Waals surface area contributed by atoms with Crippen molar-refractivity contribution in [2.75, 3.05) is 6.61 Å². The molecule has 0 aromatic heterocycles. The summed E-state index contributed by atoms with van der Waals surface area (Å²) in [6, 6.07) is 0. The van der Waals surface area contributed by atoms with Gasteiger partial charge in [-0.1, -0.05) is 60.8 Å². The van der Waals surface area contributed by atoms with Gasteiger partial charge in [-0.05, 0) is 42.3 Å². The van der Waals surface area contributed by atoms with Gasteiger partial charge in [-0.2, -0.15) is 0 Å². The predicted octanol–water partition coefficient (Wildman–Crippen LogP) is 6.19. The summed E-state index contributed by atoms with van der Waals surface area (Å²) in [5, 5.41) is 0. The second kappa shape index (κ2) is 7.98. The van der Waals surface area contributed by atoms with E-state index in [1.165, 1.54) is 32.1 Å². The highest BCUT2D eigenvalue weighted by Crippen LogP contribution is 2.48. The lowest BCUT2D eigenvalue weighted by Gasteiger charge is -2.51. The quantitative estimate of drug-likeness (QED) is 0.509. The Morgan fingerprint density at radius 2 is 1.30 bits per heavy atom. The zero-order valence-corrected chi connectivity index (χ0v) is 16.0. The van der Waals surface area contributed by atoms with Crippen LogP contribution in [0, 0.1) is 5.92 Å². The summed E-state index contributed by atoms with van der Waals surface area (Å²) in [7, 11) is -1.49. The molecular weight excluding hydrogens is 260 g/mol. The number of hydrogen-bond donors (Lipinski definition) is 0. The van der Waals surface area contributed by atoms with Crippen LogP contribution in [0.15, 0.2) is 0 Å². The van der Waals surface area contributed by atoms with E-state index in [1.807, 2.05) is 0 Å². The molecule has 1 aliphatic carbocycles. The van der Waals surface area contributed by atoms with E-state index >= 15 is 0 Å². The molecule has 1 nitrogen and oxygen atoms in total. The summed E-state index contributed by atoms with van der Waals surface area (Å²) in [6.07, 6.45) is 7.10. The monoisotopic (exact) mass is 298 g/mol. The van der Waals surface area contributed by atoms with Crippen LogP contribution in [0.1, 0.15) is 80.6 Å². The average Bonchev–Trinajstić information content (AvgIpc) is 2.38. The van der Waals surface area contributed by atoms with E-state index in [4.69, 9.17) is 4.74 Å². The molecular formula is C18H38OSi. The fourth-order valence-corrected chi connectivity index (χ4v) is 12.9. The lowest BCUT2D eigenvalue weighted by molar-refractivity contribution is 0.0501. The van der Waals surface area contributed by atoms with Crippen molar-refractivity contribution in [3.05, 3.63) is 0 Å². The standard InChI is InChI=1S/C18H38OSi/c1-8-19-18(17-12-10-9-11-13-17)20(14(2)3,15(4)5)16(6)7/h14-18H,8-13H2,1-7H3. The molecule has 0 spiro atoms. The van der Waals surface area contributed by atoms with Gasteiger partial charge in [-0.15, -0.1) is 0 Å². The summed E-state index contributed by atoms with van der Waals surface area (Å²) in [6.45, 7) is 17.9. The van der Waals surface area contributed by atoms with E-state index in [0.717, 1.165) is 29.1 Å². The van der Waals surface area contributed by atoms with Gasteiger partial charge < -0.3 is 4.74 Å². The van der Waals surface area contributed by atoms with Crippen molar-refractivity contribution >= 4 is 8.07 Å². The fourth-order valence-electron chi connectivity index (χ4n) is 5.29. The third-order valence-corrected chi connectivity index (χ3v) is 13.5. The van der Waals surface area contributed by atoms with Crippen LogP contribution in [-0.2, 0) is 4.74 Å². The topological polar surface area (TPSA) is 9.23 Å². The Bertz CT molecular complexity index is 245. The van der Waals surface area contributed by atoms with E-state index < -0.39 is 8.07 Å². The Kier molecular flexibility index (Phi) is 7.27. The second-order valence-corrected chi connectivity index (χ2v) is 13.8. The fraction of sp³-hybridized carbons (Fsp3) is 1.00. The molecule has 1 rings (SSSR count). The van der Waals surface area contributed by atoms with Gasteiger partial charge in [0.25, 0.3) is 0 Å². The van der Waals surface area contributed by atoms with Crippen molar-refractivity contribution in [1.29, 1.82) is 0 Å². The van der Waals surface area contributed by atoms with Gasteiger partial charge in [0.2, 0.25) is 0 Å². The van der Waals surface area contributed by atoms with Crippen molar-refractivity contribution in [2.45, 2.75) is 103 Å². The summed E-state index contributed by atoms with van der Waals surface area (Å²) < 4.78 is 6.49. The summed E-state index contributed by atoms with van der Waals surface area (Å²) >= 11 is 0. The van der Waals surface area contributed by atoms with E-state index in [2.05, 4.69) is 48.5 Å². The van der Waals surface area contributed by atoms with Gasteiger partial charge in [0.1, 0.15) is 0 Å². The molecule has 0 aliphatic heterocycles. The maximum Gasteiger partial charge on any atom is 0.0955 e. The maximum atomic E-state index is 6.49. The van der Waals surface area contributed by atoms with Crippen LogP contribution in [0.5, 0.6) is 0 Å². The Hall–Kier alpha value is 0.177. The van der Waals surface area contributed by atoms with Crippen LogP contribution in [-0.4, -0.2) is 20.4 Å². The average molecular weight is 299 g/mol. The SMILES string of the molecule is CCOC(C1CCCCC1)[Si](C(C)C)(C(C)C)C(C)C. The smallest absolute Gasteiger partial charge is 0.0955 e. The van der Waals surface area contributed by atoms with Crippen molar-refractivity contribution in [2.24, 2.45) is 5.92 Å². The molecule has 1 fully saturated rings. The maximum absolute atomic E-state index is 6.49. The molecule has 0 N–H and O–H groups in total. The lowest BCUT2D eigenvalue weighted by atomic mass is 9.90. The van der Waals surface area contributed by atoms with Gasteiger partial charge in [0.15, 0.2) is 0 Å². The molecule has 0 bridgehead atoms. The summed E-state index contributed by atoms with van der Waals surface area (Å²) in [5.74, 6) is 0.836. The first-order chi connectivity index (χ1) is 9.38. The van der Waals surface area contributed by atoms with Crippen LogP contribution in [0.3, 0.4) is 0 Å². The minimum absolute atomic E-state index is 0.577. The number of ether oxygens (including phenoxy) is 1. The highest BCUT2D eigenvalue weighted by atomic mass is 28.3. The number of rotatable bonds is 7. The molecule has 0 radical (unpaired) electrons. The van der Waals surface area contributed by atoms with Gasteiger partial charge >= 0.3 is 0 Å². The van der Waals surface area contributed by atoms with Gasteiger partial charge in [0.05, 0.1) is 13.8 Å². The van der Waals surface area contributed by atoms with E-state index in [1.54, 1.807) is 0 Å². The zero-order chi connectivity index (χ0) is 15.3. The third kappa shape index (κ3) is 3.49. The molecule has 0 amide bonds. The van der Waals surface area contributed by atoms with Crippen molar-refractivity contribution in [3.8, 4) is 0 Å². The molecule has 1 saturated carbocycles. The zero-order valence-electron chi connectivity index (χ0n) is 15.0. The molecule has 0 aromatic carbocycles. The largest absolute Gasteiger partial charge is 0.382 e. The summed E-state index contributed by atoms with van der Waals surface area (Å²) in [4.78, 5) is 0. The molecule has 2 heteroatoms. The predicted molar refractivity (Wildman–Crippen MR) is 93.0 cm³/mol. The van der Waals surface area contributed by atoms with Gasteiger partial charge in [-0.25, -0.2) is 0 Å². The lowest BCUT2D eigenvalue weighted by Crippen LogP contribution is -2.59. The second-order valence-electron chi connectivity index (χ2n) is 7.74. The van der Waals surface area contributed by atoms with E-state index in [-0.39, 0.29) is 0 Å². The Labute approximate surface area is 128 Å². The highest BCUT2D eigenvalue weighted by Gasteiger charge is 2.52. The van der Waals surface area contributed by atoms with Crippen LogP contribution >= 0.6 is 0 Å². The van der Waals surface area contributed by atoms with Gasteiger partial charge in [-0.3, -0.25) is 0 Å². The molecule has 1 unspecified atom stereocenters. The van der Waals surface area contributed by atoms with Crippen LogP contribution in [0.25, 0.3) is 0 Å².